The van der Waals surface area contributed by atoms with Crippen LogP contribution in [0.4, 0.5) is 4.79 Å². The standard InChI is InChI=1S/C13H13NO3/c1-3-17-13(16)14-8-11(9(2)15)10-6-4-5-7-12(10)14/h4-8H,3H2,1-2H3. The molecule has 1 heterocycles. The Labute approximate surface area is 98.8 Å². The van der Waals surface area contributed by atoms with E-state index in [0.717, 1.165) is 5.39 Å². The monoisotopic (exact) mass is 231 g/mol. The maximum Gasteiger partial charge on any atom is 0.418 e. The summed E-state index contributed by atoms with van der Waals surface area (Å²) in [5, 5.41) is 0.771. The molecule has 88 valence electrons. The summed E-state index contributed by atoms with van der Waals surface area (Å²) in [6, 6.07) is 7.27. The van der Waals surface area contributed by atoms with Gasteiger partial charge in [0.15, 0.2) is 5.78 Å². The van der Waals surface area contributed by atoms with Crippen LogP contribution < -0.4 is 0 Å². The Morgan fingerprint density at radius 1 is 1.29 bits per heavy atom. The number of benzene rings is 1. The minimum Gasteiger partial charge on any atom is -0.449 e. The number of ketones is 1. The number of Topliss-reactive ketones (excluding diaryl/α,β-unsaturated/α-hetero) is 1. The first-order chi connectivity index (χ1) is 8.15. The Bertz CT molecular complexity index is 583. The Balaban J connectivity index is 2.64. The number of fused-ring (bicyclic) bond motifs is 1. The molecule has 4 heteroatoms. The fourth-order valence-electron chi connectivity index (χ4n) is 1.80. The molecule has 2 aromatic rings. The number of carbonyl (C=O) groups is 2. The molecule has 0 aliphatic rings. The van der Waals surface area contributed by atoms with Crippen LogP contribution in [0.5, 0.6) is 0 Å². The van der Waals surface area contributed by atoms with E-state index >= 15 is 0 Å². The average Bonchev–Trinajstić information content (AvgIpc) is 2.69. The normalized spacial score (nSPS) is 10.5. The third-order valence-corrected chi connectivity index (χ3v) is 2.56. The molecular formula is C13H13NO3. The second kappa shape index (κ2) is 4.41. The molecule has 17 heavy (non-hydrogen) atoms. The highest BCUT2D eigenvalue weighted by atomic mass is 16.5. The molecule has 0 saturated heterocycles. The molecular weight excluding hydrogens is 218 g/mol. The topological polar surface area (TPSA) is 48.3 Å². The Morgan fingerprint density at radius 3 is 2.65 bits per heavy atom. The van der Waals surface area contributed by atoms with E-state index in [1.807, 2.05) is 18.2 Å². The van der Waals surface area contributed by atoms with Gasteiger partial charge in [-0.2, -0.15) is 0 Å². The lowest BCUT2D eigenvalue weighted by atomic mass is 10.1. The number of ether oxygens (including phenoxy) is 1. The van der Waals surface area contributed by atoms with Gasteiger partial charge in [-0.15, -0.1) is 0 Å². The molecule has 0 saturated carbocycles. The van der Waals surface area contributed by atoms with Gasteiger partial charge in [-0.1, -0.05) is 18.2 Å². The van der Waals surface area contributed by atoms with Gasteiger partial charge in [0.25, 0.3) is 0 Å². The zero-order valence-corrected chi connectivity index (χ0v) is 9.77. The highest BCUT2D eigenvalue weighted by Gasteiger charge is 2.15. The van der Waals surface area contributed by atoms with Crippen molar-refractivity contribution in [3.8, 4) is 0 Å². The fourth-order valence-corrected chi connectivity index (χ4v) is 1.80. The highest BCUT2D eigenvalue weighted by molar-refractivity contribution is 6.08. The number of hydrogen-bond acceptors (Lipinski definition) is 3. The minimum absolute atomic E-state index is 0.0655. The first kappa shape index (κ1) is 11.4. The molecule has 0 aliphatic carbocycles. The number of aromatic nitrogens is 1. The van der Waals surface area contributed by atoms with Crippen molar-refractivity contribution in [2.75, 3.05) is 6.61 Å². The van der Waals surface area contributed by atoms with Gasteiger partial charge in [0.1, 0.15) is 0 Å². The molecule has 0 fully saturated rings. The van der Waals surface area contributed by atoms with Gasteiger partial charge < -0.3 is 4.74 Å². The number of nitrogens with zero attached hydrogens (tertiary/aromatic N) is 1. The fraction of sp³-hybridized carbons (Fsp3) is 0.231. The highest BCUT2D eigenvalue weighted by Crippen LogP contribution is 2.21. The lowest BCUT2D eigenvalue weighted by Gasteiger charge is -2.02. The van der Waals surface area contributed by atoms with E-state index in [0.29, 0.717) is 17.7 Å². The van der Waals surface area contributed by atoms with E-state index in [1.165, 1.54) is 17.7 Å². The largest absolute Gasteiger partial charge is 0.449 e. The molecule has 0 spiro atoms. The van der Waals surface area contributed by atoms with Crippen LogP contribution in [-0.4, -0.2) is 23.1 Å². The van der Waals surface area contributed by atoms with Crippen molar-refractivity contribution in [3.05, 3.63) is 36.0 Å². The first-order valence-corrected chi connectivity index (χ1v) is 5.43. The zero-order chi connectivity index (χ0) is 12.4. The Kier molecular flexibility index (Phi) is 2.95. The predicted molar refractivity (Wildman–Crippen MR) is 64.4 cm³/mol. The average molecular weight is 231 g/mol. The molecule has 0 amide bonds. The third kappa shape index (κ3) is 1.93. The van der Waals surface area contributed by atoms with Crippen LogP contribution in [-0.2, 0) is 4.74 Å². The van der Waals surface area contributed by atoms with Crippen molar-refractivity contribution < 1.29 is 14.3 Å². The molecule has 1 aromatic heterocycles. The van der Waals surface area contributed by atoms with Crippen molar-refractivity contribution in [2.45, 2.75) is 13.8 Å². The van der Waals surface area contributed by atoms with Crippen LogP contribution in [0, 0.1) is 0 Å². The maximum absolute atomic E-state index is 11.7. The molecule has 1 aromatic carbocycles. The third-order valence-electron chi connectivity index (χ3n) is 2.56. The van der Waals surface area contributed by atoms with E-state index in [2.05, 4.69) is 0 Å². The molecule has 0 atom stereocenters. The van der Waals surface area contributed by atoms with Crippen molar-refractivity contribution in [1.82, 2.24) is 4.57 Å². The van der Waals surface area contributed by atoms with E-state index < -0.39 is 6.09 Å². The van der Waals surface area contributed by atoms with Crippen LogP contribution in [0.3, 0.4) is 0 Å². The summed E-state index contributed by atoms with van der Waals surface area (Å²) in [6.07, 6.45) is 1.07. The van der Waals surface area contributed by atoms with Crippen LogP contribution >= 0.6 is 0 Å². The van der Waals surface area contributed by atoms with Crippen LogP contribution in [0.15, 0.2) is 30.5 Å². The summed E-state index contributed by atoms with van der Waals surface area (Å²) in [5.74, 6) is -0.0655. The summed E-state index contributed by atoms with van der Waals surface area (Å²) in [5.41, 5.74) is 1.23. The molecule has 0 bridgehead atoms. The van der Waals surface area contributed by atoms with Crippen molar-refractivity contribution in [2.24, 2.45) is 0 Å². The van der Waals surface area contributed by atoms with E-state index in [9.17, 15) is 9.59 Å². The SMILES string of the molecule is CCOC(=O)n1cc(C(C)=O)c2ccccc21. The summed E-state index contributed by atoms with van der Waals surface area (Å²) in [4.78, 5) is 23.2. The predicted octanol–water partition coefficient (Wildman–Crippen LogP) is 2.85. The number of carbonyl (C=O) groups excluding carboxylic acids is 2. The summed E-state index contributed by atoms with van der Waals surface area (Å²) in [7, 11) is 0. The molecule has 2 rings (SSSR count). The van der Waals surface area contributed by atoms with E-state index in [4.69, 9.17) is 4.74 Å². The van der Waals surface area contributed by atoms with Gasteiger partial charge >= 0.3 is 6.09 Å². The van der Waals surface area contributed by atoms with Crippen LogP contribution in [0.2, 0.25) is 0 Å². The van der Waals surface area contributed by atoms with E-state index in [-0.39, 0.29) is 5.78 Å². The van der Waals surface area contributed by atoms with Crippen molar-refractivity contribution in [1.29, 1.82) is 0 Å². The Hall–Kier alpha value is -2.10. The second-order valence-electron chi connectivity index (χ2n) is 3.69. The van der Waals surface area contributed by atoms with Gasteiger partial charge in [-0.25, -0.2) is 4.79 Å². The van der Waals surface area contributed by atoms with Gasteiger partial charge in [-0.3, -0.25) is 9.36 Å². The molecule has 0 N–H and O–H groups in total. The lowest BCUT2D eigenvalue weighted by molar-refractivity contribution is 0.101. The zero-order valence-electron chi connectivity index (χ0n) is 9.77. The molecule has 0 radical (unpaired) electrons. The minimum atomic E-state index is -0.462. The van der Waals surface area contributed by atoms with Gasteiger partial charge in [0.05, 0.1) is 12.1 Å². The van der Waals surface area contributed by atoms with Crippen molar-refractivity contribution in [3.63, 3.8) is 0 Å². The summed E-state index contributed by atoms with van der Waals surface area (Å²) >= 11 is 0. The Morgan fingerprint density at radius 2 is 2.00 bits per heavy atom. The summed E-state index contributed by atoms with van der Waals surface area (Å²) < 4.78 is 6.31. The smallest absolute Gasteiger partial charge is 0.418 e. The van der Waals surface area contributed by atoms with Crippen LogP contribution in [0.1, 0.15) is 24.2 Å². The van der Waals surface area contributed by atoms with Crippen molar-refractivity contribution >= 4 is 22.8 Å². The first-order valence-electron chi connectivity index (χ1n) is 5.43. The van der Waals surface area contributed by atoms with E-state index in [1.54, 1.807) is 13.0 Å². The maximum atomic E-state index is 11.7. The number of hydrogen-bond donors (Lipinski definition) is 0. The molecule has 0 unspecified atom stereocenters. The number of para-hydroxylation sites is 1. The summed E-state index contributed by atoms with van der Waals surface area (Å²) in [6.45, 7) is 3.54. The second-order valence-corrected chi connectivity index (χ2v) is 3.69. The lowest BCUT2D eigenvalue weighted by Crippen LogP contribution is -2.12. The van der Waals surface area contributed by atoms with Gasteiger partial charge in [-0.05, 0) is 19.9 Å². The number of rotatable bonds is 2. The van der Waals surface area contributed by atoms with Crippen LogP contribution in [0.25, 0.3) is 10.9 Å². The van der Waals surface area contributed by atoms with Gasteiger partial charge in [0.2, 0.25) is 0 Å². The molecule has 4 nitrogen and oxygen atoms in total. The van der Waals surface area contributed by atoms with Gasteiger partial charge in [0, 0.05) is 17.1 Å². The molecule has 0 aliphatic heterocycles. The quantitative estimate of drug-likeness (QED) is 0.747.